The Morgan fingerprint density at radius 3 is 2.31 bits per heavy atom. The average molecular weight is 256 g/mol. The van der Waals surface area contributed by atoms with E-state index in [4.69, 9.17) is 23.2 Å². The number of hydrogen-bond donors (Lipinski definition) is 1. The van der Waals surface area contributed by atoms with Crippen LogP contribution in [0.25, 0.3) is 0 Å². The fourth-order valence-electron chi connectivity index (χ4n) is 1.47. The van der Waals surface area contributed by atoms with Crippen LogP contribution in [0.1, 0.15) is 11.6 Å². The molecule has 0 spiro atoms. The minimum Gasteiger partial charge on any atom is -0.360 e. The molecule has 16 heavy (non-hydrogen) atoms. The summed E-state index contributed by atoms with van der Waals surface area (Å²) in [6, 6.07) is 8.12. The highest BCUT2D eigenvalue weighted by Crippen LogP contribution is 2.26. The Morgan fingerprint density at radius 1 is 1.06 bits per heavy atom. The van der Waals surface area contributed by atoms with E-state index in [1.54, 1.807) is 24.3 Å². The van der Waals surface area contributed by atoms with Crippen molar-refractivity contribution < 1.29 is 9.59 Å². The molecule has 1 aliphatic rings. The molecule has 0 radical (unpaired) electrons. The van der Waals surface area contributed by atoms with E-state index in [2.05, 4.69) is 5.32 Å². The first-order chi connectivity index (χ1) is 7.61. The van der Waals surface area contributed by atoms with Crippen molar-refractivity contribution in [2.24, 2.45) is 0 Å². The molecule has 3 nitrogen and oxygen atoms in total. The van der Waals surface area contributed by atoms with Crippen molar-refractivity contribution in [2.45, 2.75) is 6.04 Å². The summed E-state index contributed by atoms with van der Waals surface area (Å²) in [5.74, 6) is -1.35. The maximum absolute atomic E-state index is 11.7. The molecule has 0 saturated heterocycles. The van der Waals surface area contributed by atoms with Crippen molar-refractivity contribution >= 4 is 34.8 Å². The van der Waals surface area contributed by atoms with E-state index in [0.717, 1.165) is 0 Å². The van der Waals surface area contributed by atoms with Gasteiger partial charge in [-0.3, -0.25) is 9.59 Å². The predicted octanol–water partition coefficient (Wildman–Crippen LogP) is 2.12. The Balaban J connectivity index is 2.40. The first-order valence-corrected chi connectivity index (χ1v) is 5.32. The van der Waals surface area contributed by atoms with Gasteiger partial charge in [0, 0.05) is 0 Å². The predicted molar refractivity (Wildman–Crippen MR) is 61.1 cm³/mol. The van der Waals surface area contributed by atoms with Gasteiger partial charge in [-0.05, 0) is 5.56 Å². The van der Waals surface area contributed by atoms with Crippen LogP contribution in [0.2, 0.25) is 0 Å². The Morgan fingerprint density at radius 2 is 1.69 bits per heavy atom. The topological polar surface area (TPSA) is 46.2 Å². The quantitative estimate of drug-likeness (QED) is 0.618. The molecule has 0 fully saturated rings. The van der Waals surface area contributed by atoms with Gasteiger partial charge in [0.1, 0.15) is 16.2 Å². The molecule has 1 heterocycles. The van der Waals surface area contributed by atoms with Crippen molar-refractivity contribution in [3.63, 3.8) is 0 Å². The second kappa shape index (κ2) is 4.28. The van der Waals surface area contributed by atoms with E-state index in [1.165, 1.54) is 0 Å². The molecule has 0 bridgehead atoms. The molecule has 5 heteroatoms. The van der Waals surface area contributed by atoms with Gasteiger partial charge in [0.25, 0.3) is 0 Å². The second-order valence-electron chi connectivity index (χ2n) is 3.31. The summed E-state index contributed by atoms with van der Waals surface area (Å²) < 4.78 is 0. The van der Waals surface area contributed by atoms with Crippen molar-refractivity contribution in [3.05, 3.63) is 46.1 Å². The third-order valence-electron chi connectivity index (χ3n) is 2.28. The molecule has 0 aromatic heterocycles. The van der Waals surface area contributed by atoms with Gasteiger partial charge in [0.2, 0.25) is 11.6 Å². The highest BCUT2D eigenvalue weighted by molar-refractivity contribution is 6.62. The summed E-state index contributed by atoms with van der Waals surface area (Å²) in [6.07, 6.45) is 0. The summed E-state index contributed by atoms with van der Waals surface area (Å²) in [4.78, 5) is 23.1. The standard InChI is InChI=1S/C11H7Cl2NO2/c12-7-9(15)10(16)8(14-11(7)13)6-4-2-1-3-5-6/h1-5,8,14H/t8-/m0/s1. The molecule has 2 rings (SSSR count). The molecule has 1 N–H and O–H groups in total. The van der Waals surface area contributed by atoms with Gasteiger partial charge in [0.15, 0.2) is 0 Å². The average Bonchev–Trinajstić information content (AvgIpc) is 2.32. The smallest absolute Gasteiger partial charge is 0.245 e. The molecule has 0 amide bonds. The number of carbonyl (C=O) groups is 2. The SMILES string of the molecule is O=C1C(=O)[C@H](c2ccccc2)NC(Cl)=C1Cl. The molecule has 1 aliphatic heterocycles. The summed E-state index contributed by atoms with van der Waals surface area (Å²) in [5, 5.41) is 2.47. The van der Waals surface area contributed by atoms with Crippen LogP contribution in [0.15, 0.2) is 40.5 Å². The Labute approximate surface area is 102 Å². The van der Waals surface area contributed by atoms with Gasteiger partial charge in [-0.2, -0.15) is 0 Å². The Hall–Kier alpha value is -1.32. The molecular weight excluding hydrogens is 249 g/mol. The fourth-order valence-corrected chi connectivity index (χ4v) is 1.82. The Bertz CT molecular complexity index is 482. The lowest BCUT2D eigenvalue weighted by molar-refractivity contribution is -0.135. The van der Waals surface area contributed by atoms with Crippen LogP contribution in [0.5, 0.6) is 0 Å². The highest BCUT2D eigenvalue weighted by atomic mass is 35.5. The maximum Gasteiger partial charge on any atom is 0.245 e. The molecular formula is C11H7Cl2NO2. The number of benzene rings is 1. The van der Waals surface area contributed by atoms with Crippen LogP contribution in [0.4, 0.5) is 0 Å². The van der Waals surface area contributed by atoms with Crippen LogP contribution >= 0.6 is 23.2 Å². The number of nitrogens with one attached hydrogen (secondary N) is 1. The molecule has 82 valence electrons. The summed E-state index contributed by atoms with van der Waals surface area (Å²) >= 11 is 11.3. The van der Waals surface area contributed by atoms with Gasteiger partial charge in [0.05, 0.1) is 0 Å². The zero-order valence-electron chi connectivity index (χ0n) is 8.04. The molecule has 1 aromatic carbocycles. The van der Waals surface area contributed by atoms with Crippen LogP contribution in [-0.4, -0.2) is 11.6 Å². The zero-order valence-corrected chi connectivity index (χ0v) is 9.55. The number of allylic oxidation sites excluding steroid dienone is 1. The molecule has 0 saturated carbocycles. The molecule has 0 unspecified atom stereocenters. The fraction of sp³-hybridized carbons (Fsp3) is 0.0909. The van der Waals surface area contributed by atoms with E-state index < -0.39 is 17.6 Å². The first-order valence-electron chi connectivity index (χ1n) is 4.56. The number of ketones is 2. The van der Waals surface area contributed by atoms with E-state index in [1.807, 2.05) is 6.07 Å². The molecule has 0 aliphatic carbocycles. The minimum atomic E-state index is -0.751. The summed E-state index contributed by atoms with van der Waals surface area (Å²) in [7, 11) is 0. The largest absolute Gasteiger partial charge is 0.360 e. The lowest BCUT2D eigenvalue weighted by Crippen LogP contribution is -2.37. The van der Waals surface area contributed by atoms with E-state index in [9.17, 15) is 9.59 Å². The van der Waals surface area contributed by atoms with Gasteiger partial charge in [-0.1, -0.05) is 53.5 Å². The van der Waals surface area contributed by atoms with Crippen LogP contribution in [0.3, 0.4) is 0 Å². The number of Topliss-reactive ketones (excluding diaryl/α,β-unsaturated/α-hetero) is 2. The monoisotopic (exact) mass is 255 g/mol. The summed E-state index contributed by atoms with van der Waals surface area (Å²) in [6.45, 7) is 0. The third kappa shape index (κ3) is 1.84. The van der Waals surface area contributed by atoms with E-state index in [-0.39, 0.29) is 10.2 Å². The number of hydrogen-bond acceptors (Lipinski definition) is 3. The lowest BCUT2D eigenvalue weighted by Gasteiger charge is -2.22. The van der Waals surface area contributed by atoms with Crippen molar-refractivity contribution in [2.75, 3.05) is 0 Å². The lowest BCUT2D eigenvalue weighted by atomic mass is 9.98. The normalized spacial score (nSPS) is 21.0. The third-order valence-corrected chi connectivity index (χ3v) is 3.04. The van der Waals surface area contributed by atoms with Gasteiger partial charge in [-0.25, -0.2) is 0 Å². The first kappa shape index (κ1) is 11.2. The van der Waals surface area contributed by atoms with Crippen molar-refractivity contribution in [1.29, 1.82) is 0 Å². The number of rotatable bonds is 1. The Kier molecular flexibility index (Phi) is 2.99. The van der Waals surface area contributed by atoms with Crippen LogP contribution < -0.4 is 5.32 Å². The van der Waals surface area contributed by atoms with Crippen molar-refractivity contribution in [1.82, 2.24) is 5.32 Å². The van der Waals surface area contributed by atoms with E-state index >= 15 is 0 Å². The summed E-state index contributed by atoms with van der Waals surface area (Å²) in [5.41, 5.74) is 0.683. The van der Waals surface area contributed by atoms with Crippen LogP contribution in [-0.2, 0) is 9.59 Å². The highest BCUT2D eigenvalue weighted by Gasteiger charge is 2.34. The van der Waals surface area contributed by atoms with Gasteiger partial charge < -0.3 is 5.32 Å². The zero-order chi connectivity index (χ0) is 11.7. The van der Waals surface area contributed by atoms with Gasteiger partial charge >= 0.3 is 0 Å². The second-order valence-corrected chi connectivity index (χ2v) is 4.07. The molecule has 1 atom stereocenters. The van der Waals surface area contributed by atoms with E-state index in [0.29, 0.717) is 5.56 Å². The van der Waals surface area contributed by atoms with Crippen LogP contribution in [0, 0.1) is 0 Å². The van der Waals surface area contributed by atoms with Gasteiger partial charge in [-0.15, -0.1) is 0 Å². The minimum absolute atomic E-state index is 0.0140. The maximum atomic E-state index is 11.7. The van der Waals surface area contributed by atoms with Crippen molar-refractivity contribution in [3.8, 4) is 0 Å². The molecule has 1 aromatic rings. The number of carbonyl (C=O) groups excluding carboxylic acids is 2. The number of halogens is 2.